The number of halogens is 1. The lowest BCUT2D eigenvalue weighted by molar-refractivity contribution is -0.139. The zero-order chi connectivity index (χ0) is 24.7. The molecule has 1 aliphatic rings. The number of hydrogen-bond donors (Lipinski definition) is 5. The highest BCUT2D eigenvalue weighted by atomic mass is 127. The summed E-state index contributed by atoms with van der Waals surface area (Å²) in [6, 6.07) is 3.37. The van der Waals surface area contributed by atoms with E-state index in [4.69, 9.17) is 5.73 Å². The van der Waals surface area contributed by atoms with Crippen molar-refractivity contribution in [2.75, 3.05) is 11.9 Å². The number of nitrogens with zero attached hydrogens (tertiary/aromatic N) is 1. The molecule has 0 spiro atoms. The van der Waals surface area contributed by atoms with Crippen molar-refractivity contribution < 1.29 is 29.1 Å². The van der Waals surface area contributed by atoms with Gasteiger partial charge in [0.15, 0.2) is 0 Å². The molecule has 0 unspecified atom stereocenters. The average Bonchev–Trinajstić information content (AvgIpc) is 3.22. The number of benzene rings is 1. The highest BCUT2D eigenvalue weighted by Crippen LogP contribution is 2.18. The van der Waals surface area contributed by atoms with Crippen LogP contribution in [0.25, 0.3) is 0 Å². The summed E-state index contributed by atoms with van der Waals surface area (Å²) in [5.74, 6) is -3.22. The number of aliphatic hydroxyl groups is 1. The van der Waals surface area contributed by atoms with Crippen molar-refractivity contribution in [2.45, 2.75) is 57.3 Å². The first-order valence-corrected chi connectivity index (χ1v) is 11.5. The molecule has 33 heavy (non-hydrogen) atoms. The minimum atomic E-state index is -1.41. The first kappa shape index (κ1) is 26.5. The monoisotopic (exact) mass is 573 g/mol. The van der Waals surface area contributed by atoms with Gasteiger partial charge in [0.1, 0.15) is 18.1 Å². The van der Waals surface area contributed by atoms with Crippen LogP contribution in [0, 0.1) is 3.57 Å². The van der Waals surface area contributed by atoms with Crippen LogP contribution in [0.1, 0.15) is 33.1 Å². The van der Waals surface area contributed by atoms with E-state index in [1.807, 2.05) is 0 Å². The molecule has 0 radical (unpaired) electrons. The lowest BCUT2D eigenvalue weighted by Crippen LogP contribution is -2.59. The van der Waals surface area contributed by atoms with E-state index < -0.39 is 54.3 Å². The number of nitrogens with one attached hydrogen (secondary N) is 3. The van der Waals surface area contributed by atoms with E-state index in [1.54, 1.807) is 24.3 Å². The van der Waals surface area contributed by atoms with Crippen molar-refractivity contribution in [2.24, 2.45) is 5.73 Å². The van der Waals surface area contributed by atoms with Gasteiger partial charge in [-0.1, -0.05) is 0 Å². The summed E-state index contributed by atoms with van der Waals surface area (Å²) >= 11 is 2.11. The van der Waals surface area contributed by atoms with Gasteiger partial charge in [-0.2, -0.15) is 0 Å². The van der Waals surface area contributed by atoms with E-state index >= 15 is 0 Å². The van der Waals surface area contributed by atoms with Crippen molar-refractivity contribution in [1.29, 1.82) is 0 Å². The van der Waals surface area contributed by atoms with Crippen LogP contribution >= 0.6 is 22.6 Å². The van der Waals surface area contributed by atoms with Crippen LogP contribution in [-0.4, -0.2) is 70.3 Å². The Morgan fingerprint density at radius 1 is 1.15 bits per heavy atom. The third kappa shape index (κ3) is 7.67. The van der Waals surface area contributed by atoms with Gasteiger partial charge in [-0.05, 0) is 66.6 Å². The third-order valence-corrected chi connectivity index (χ3v) is 5.89. The maximum atomic E-state index is 12.8. The van der Waals surface area contributed by atoms with Gasteiger partial charge in [0.05, 0.1) is 12.5 Å². The van der Waals surface area contributed by atoms with Gasteiger partial charge >= 0.3 is 0 Å². The molecule has 12 heteroatoms. The number of carbonyl (C=O) groups excluding carboxylic acids is 5. The SMILES string of the molecule is CC(=O)N1CCC[C@H]1C(=O)N[C@H](C(=O)N[C@@H](CC(N)=O)C(=O)Nc1ccc(I)cc1)[C@@H](C)O. The van der Waals surface area contributed by atoms with Gasteiger partial charge in [-0.15, -0.1) is 0 Å². The van der Waals surface area contributed by atoms with E-state index in [9.17, 15) is 29.1 Å². The molecule has 11 nitrogen and oxygen atoms in total. The minimum absolute atomic E-state index is 0.264. The zero-order valence-corrected chi connectivity index (χ0v) is 20.5. The molecule has 6 N–H and O–H groups in total. The molecular formula is C21H28IN5O6. The Hall–Kier alpha value is -2.74. The highest BCUT2D eigenvalue weighted by molar-refractivity contribution is 14.1. The number of primary amides is 1. The number of likely N-dealkylation sites (tertiary alicyclic amines) is 1. The molecule has 1 heterocycles. The number of rotatable bonds is 9. The molecule has 0 bridgehead atoms. The van der Waals surface area contributed by atoms with Crippen molar-refractivity contribution in [3.63, 3.8) is 0 Å². The van der Waals surface area contributed by atoms with Gasteiger partial charge in [0.2, 0.25) is 29.5 Å². The van der Waals surface area contributed by atoms with E-state index in [0.717, 1.165) is 3.57 Å². The maximum Gasteiger partial charge on any atom is 0.247 e. The molecule has 1 aromatic carbocycles. The molecule has 0 aliphatic carbocycles. The van der Waals surface area contributed by atoms with Crippen LogP contribution in [0.2, 0.25) is 0 Å². The van der Waals surface area contributed by atoms with Gasteiger partial charge in [0, 0.05) is 22.7 Å². The lowest BCUT2D eigenvalue weighted by atomic mass is 10.1. The van der Waals surface area contributed by atoms with Crippen molar-refractivity contribution in [3.05, 3.63) is 27.8 Å². The second-order valence-electron chi connectivity index (χ2n) is 7.83. The van der Waals surface area contributed by atoms with Crippen molar-refractivity contribution in [3.8, 4) is 0 Å². The summed E-state index contributed by atoms with van der Waals surface area (Å²) in [5.41, 5.74) is 5.69. The number of nitrogens with two attached hydrogens (primary N) is 1. The Balaban J connectivity index is 2.11. The van der Waals surface area contributed by atoms with Crippen molar-refractivity contribution >= 4 is 57.8 Å². The number of aliphatic hydroxyl groups excluding tert-OH is 1. The van der Waals surface area contributed by atoms with Crippen LogP contribution in [0.3, 0.4) is 0 Å². The predicted octanol–water partition coefficient (Wildman–Crippen LogP) is -0.534. The largest absolute Gasteiger partial charge is 0.391 e. The van der Waals surface area contributed by atoms with Crippen LogP contribution in [-0.2, 0) is 24.0 Å². The number of hydrogen-bond acceptors (Lipinski definition) is 6. The Kier molecular flexibility index (Phi) is 9.58. The summed E-state index contributed by atoms with van der Waals surface area (Å²) in [6.45, 7) is 3.08. The fourth-order valence-corrected chi connectivity index (χ4v) is 3.87. The fraction of sp³-hybridized carbons (Fsp3) is 0.476. The Morgan fingerprint density at radius 2 is 1.79 bits per heavy atom. The molecule has 0 saturated carbocycles. The standard InChI is InChI=1S/C21H28IN5O6/c1-11(28)18(26-20(32)16-4-3-9-27(16)12(2)29)21(33)25-15(10-17(23)30)19(31)24-14-7-5-13(22)6-8-14/h5-8,11,15-16,18,28H,3-4,9-10H2,1-2H3,(H2,23,30)(H,24,31)(H,25,33)(H,26,32)/t11-,15+,16+,18+/m1/s1. The van der Waals surface area contributed by atoms with Crippen LogP contribution in [0.4, 0.5) is 5.69 Å². The summed E-state index contributed by atoms with van der Waals surface area (Å²) in [6.07, 6.45) is -0.719. The molecule has 1 fully saturated rings. The summed E-state index contributed by atoms with van der Waals surface area (Å²) < 4.78 is 0.953. The molecule has 1 aromatic rings. The van der Waals surface area contributed by atoms with Crippen molar-refractivity contribution in [1.82, 2.24) is 15.5 Å². The summed E-state index contributed by atoms with van der Waals surface area (Å²) in [5, 5.41) is 17.5. The van der Waals surface area contributed by atoms with E-state index in [2.05, 4.69) is 38.5 Å². The Labute approximate surface area is 205 Å². The first-order valence-electron chi connectivity index (χ1n) is 10.4. The van der Waals surface area contributed by atoms with Gasteiger partial charge in [-0.25, -0.2) is 0 Å². The molecule has 0 aromatic heterocycles. The molecule has 180 valence electrons. The quantitative estimate of drug-likeness (QED) is 0.249. The zero-order valence-electron chi connectivity index (χ0n) is 18.3. The fourth-order valence-electron chi connectivity index (χ4n) is 3.51. The summed E-state index contributed by atoms with van der Waals surface area (Å²) in [7, 11) is 0. The van der Waals surface area contributed by atoms with E-state index in [-0.39, 0.29) is 5.91 Å². The first-order chi connectivity index (χ1) is 15.5. The van der Waals surface area contributed by atoms with E-state index in [0.29, 0.717) is 25.1 Å². The number of amides is 5. The topological polar surface area (TPSA) is 171 Å². The van der Waals surface area contributed by atoms with Crippen LogP contribution < -0.4 is 21.7 Å². The molecule has 1 aliphatic heterocycles. The smallest absolute Gasteiger partial charge is 0.247 e. The number of anilines is 1. The highest BCUT2D eigenvalue weighted by Gasteiger charge is 2.36. The molecule has 5 amide bonds. The molecule has 1 saturated heterocycles. The minimum Gasteiger partial charge on any atom is -0.391 e. The number of carbonyl (C=O) groups is 5. The van der Waals surface area contributed by atoms with Gasteiger partial charge in [-0.3, -0.25) is 24.0 Å². The van der Waals surface area contributed by atoms with Crippen LogP contribution in [0.5, 0.6) is 0 Å². The third-order valence-electron chi connectivity index (χ3n) is 5.17. The maximum absolute atomic E-state index is 12.8. The normalized spacial score (nSPS) is 18.1. The Bertz CT molecular complexity index is 907. The molecular weight excluding hydrogens is 545 g/mol. The molecule has 4 atom stereocenters. The van der Waals surface area contributed by atoms with E-state index in [1.165, 1.54) is 18.7 Å². The Morgan fingerprint density at radius 3 is 2.33 bits per heavy atom. The summed E-state index contributed by atoms with van der Waals surface area (Å²) in [4.78, 5) is 62.8. The van der Waals surface area contributed by atoms with Gasteiger partial charge < -0.3 is 31.7 Å². The van der Waals surface area contributed by atoms with Crippen LogP contribution in [0.15, 0.2) is 24.3 Å². The average molecular weight is 573 g/mol. The molecule has 2 rings (SSSR count). The second kappa shape index (κ2) is 11.9. The predicted molar refractivity (Wildman–Crippen MR) is 128 cm³/mol. The second-order valence-corrected chi connectivity index (χ2v) is 9.07. The lowest BCUT2D eigenvalue weighted by Gasteiger charge is -2.27. The van der Waals surface area contributed by atoms with Gasteiger partial charge in [0.25, 0.3) is 0 Å².